The topological polar surface area (TPSA) is 118 Å². The molecule has 4 N–H and O–H groups in total. The lowest BCUT2D eigenvalue weighted by atomic mass is 10.1. The van der Waals surface area contributed by atoms with E-state index in [0.717, 1.165) is 35.0 Å². The fourth-order valence-corrected chi connectivity index (χ4v) is 3.92. The number of benzene rings is 3. The summed E-state index contributed by atoms with van der Waals surface area (Å²) < 4.78 is 1.68. The second kappa shape index (κ2) is 10.3. The number of para-hydroxylation sites is 3. The fraction of sp³-hybridized carbons (Fsp3) is 0.185. The Morgan fingerprint density at radius 2 is 1.78 bits per heavy atom. The van der Waals surface area contributed by atoms with Crippen LogP contribution < -0.4 is 16.4 Å². The van der Waals surface area contributed by atoms with Gasteiger partial charge in [0.05, 0.1) is 16.9 Å². The molecule has 5 rings (SSSR count). The Kier molecular flexibility index (Phi) is 6.61. The zero-order valence-electron chi connectivity index (χ0n) is 19.7. The largest absolute Gasteiger partial charge is 0.397 e. The number of nitrogens with one attached hydrogen (secondary N) is 2. The highest BCUT2D eigenvalue weighted by atomic mass is 16.2. The first kappa shape index (κ1) is 23.1. The third-order valence-corrected chi connectivity index (χ3v) is 6.03. The standard InChI is InChI=1S/C27H27N7O2/c28-22-5-1-2-6-23(22)30-26(35)16-13-19-9-11-20(12-10-19)17-33(21-14-15-21)27(36)29-18-34-25-8-4-3-7-24(25)31-32-34/h1-13,16,21H,14-15,17-18,28H2,(H,29,36)(H,30,35)/b16-13+. The Labute approximate surface area is 208 Å². The number of carbonyl (C=O) groups excluding carboxylic acids is 2. The number of hydrogen-bond acceptors (Lipinski definition) is 5. The highest BCUT2D eigenvalue weighted by molar-refractivity contribution is 6.03. The second-order valence-corrected chi connectivity index (χ2v) is 8.73. The fourth-order valence-electron chi connectivity index (χ4n) is 3.92. The number of anilines is 2. The first-order valence-corrected chi connectivity index (χ1v) is 11.8. The summed E-state index contributed by atoms with van der Waals surface area (Å²) in [7, 11) is 0. The van der Waals surface area contributed by atoms with Crippen LogP contribution in [0.25, 0.3) is 17.1 Å². The van der Waals surface area contributed by atoms with E-state index in [-0.39, 0.29) is 24.6 Å². The van der Waals surface area contributed by atoms with Gasteiger partial charge in [0, 0.05) is 18.7 Å². The predicted octanol–water partition coefficient (Wildman–Crippen LogP) is 4.00. The minimum absolute atomic E-state index is 0.127. The molecule has 0 spiro atoms. The third-order valence-electron chi connectivity index (χ3n) is 6.03. The number of nitrogens with two attached hydrogens (primary N) is 1. The van der Waals surface area contributed by atoms with Crippen LogP contribution in [0.4, 0.5) is 16.2 Å². The van der Waals surface area contributed by atoms with Gasteiger partial charge in [-0.1, -0.05) is 53.7 Å². The van der Waals surface area contributed by atoms with Crippen molar-refractivity contribution in [2.75, 3.05) is 11.1 Å². The highest BCUT2D eigenvalue weighted by Gasteiger charge is 2.32. The van der Waals surface area contributed by atoms with E-state index in [2.05, 4.69) is 20.9 Å². The van der Waals surface area contributed by atoms with Gasteiger partial charge in [0.2, 0.25) is 5.91 Å². The number of carbonyl (C=O) groups is 2. The first-order valence-electron chi connectivity index (χ1n) is 11.8. The molecule has 1 fully saturated rings. The zero-order valence-corrected chi connectivity index (χ0v) is 19.7. The monoisotopic (exact) mass is 481 g/mol. The Hall–Kier alpha value is -4.66. The Morgan fingerprint density at radius 1 is 1.03 bits per heavy atom. The molecule has 3 aromatic carbocycles. The van der Waals surface area contributed by atoms with Gasteiger partial charge in [0.15, 0.2) is 0 Å². The van der Waals surface area contributed by atoms with Crippen LogP contribution in [0.3, 0.4) is 0 Å². The van der Waals surface area contributed by atoms with Crippen LogP contribution >= 0.6 is 0 Å². The van der Waals surface area contributed by atoms with E-state index in [1.165, 1.54) is 6.08 Å². The molecule has 9 nitrogen and oxygen atoms in total. The molecule has 0 saturated heterocycles. The molecule has 0 atom stereocenters. The van der Waals surface area contributed by atoms with Gasteiger partial charge in [-0.05, 0) is 54.3 Å². The van der Waals surface area contributed by atoms with Gasteiger partial charge in [-0.15, -0.1) is 5.10 Å². The van der Waals surface area contributed by atoms with Crippen molar-refractivity contribution < 1.29 is 9.59 Å². The van der Waals surface area contributed by atoms with Crippen molar-refractivity contribution in [2.24, 2.45) is 0 Å². The summed E-state index contributed by atoms with van der Waals surface area (Å²) in [6.45, 7) is 0.759. The normalized spacial score (nSPS) is 13.1. The Bertz CT molecular complexity index is 1410. The van der Waals surface area contributed by atoms with Crippen LogP contribution in [-0.4, -0.2) is 37.9 Å². The average molecular weight is 482 g/mol. The smallest absolute Gasteiger partial charge is 0.319 e. The SMILES string of the molecule is Nc1ccccc1NC(=O)/C=C/c1ccc(CN(C(=O)NCn2nnc3ccccc32)C2CC2)cc1. The number of amides is 3. The number of nitrogens with zero attached hydrogens (tertiary/aromatic N) is 4. The Morgan fingerprint density at radius 3 is 2.56 bits per heavy atom. The quantitative estimate of drug-likeness (QED) is 0.260. The molecule has 0 aliphatic heterocycles. The van der Waals surface area contributed by atoms with E-state index in [1.54, 1.807) is 22.9 Å². The molecule has 9 heteroatoms. The van der Waals surface area contributed by atoms with Crippen molar-refractivity contribution in [3.8, 4) is 0 Å². The molecular weight excluding hydrogens is 454 g/mol. The maximum atomic E-state index is 13.0. The van der Waals surface area contributed by atoms with Gasteiger partial charge in [-0.3, -0.25) is 4.79 Å². The number of hydrogen-bond donors (Lipinski definition) is 3. The minimum Gasteiger partial charge on any atom is -0.397 e. The van der Waals surface area contributed by atoms with Crippen molar-refractivity contribution in [1.29, 1.82) is 0 Å². The summed E-state index contributed by atoms with van der Waals surface area (Å²) in [5, 5.41) is 14.0. The van der Waals surface area contributed by atoms with E-state index < -0.39 is 0 Å². The summed E-state index contributed by atoms with van der Waals surface area (Å²) in [6, 6.07) is 22.7. The third kappa shape index (κ3) is 5.52. The lowest BCUT2D eigenvalue weighted by Crippen LogP contribution is -2.41. The number of fused-ring (bicyclic) bond motifs is 1. The summed E-state index contributed by atoms with van der Waals surface area (Å²) in [6.07, 6.45) is 5.22. The molecule has 182 valence electrons. The average Bonchev–Trinajstić information content (AvgIpc) is 3.66. The predicted molar refractivity (Wildman–Crippen MR) is 140 cm³/mol. The van der Waals surface area contributed by atoms with Crippen molar-refractivity contribution >= 4 is 40.4 Å². The van der Waals surface area contributed by atoms with Gasteiger partial charge >= 0.3 is 6.03 Å². The molecule has 1 aromatic heterocycles. The van der Waals surface area contributed by atoms with Crippen molar-refractivity contribution in [3.05, 3.63) is 90.0 Å². The van der Waals surface area contributed by atoms with E-state index in [1.807, 2.05) is 65.6 Å². The second-order valence-electron chi connectivity index (χ2n) is 8.73. The molecule has 1 heterocycles. The number of aromatic nitrogens is 3. The molecule has 1 saturated carbocycles. The van der Waals surface area contributed by atoms with Gasteiger partial charge in [-0.25, -0.2) is 9.48 Å². The van der Waals surface area contributed by atoms with Crippen molar-refractivity contribution in [2.45, 2.75) is 32.1 Å². The van der Waals surface area contributed by atoms with E-state index in [4.69, 9.17) is 5.73 Å². The maximum Gasteiger partial charge on any atom is 0.319 e. The van der Waals surface area contributed by atoms with E-state index in [9.17, 15) is 9.59 Å². The summed E-state index contributed by atoms with van der Waals surface area (Å²) >= 11 is 0. The molecule has 3 amide bonds. The lowest BCUT2D eigenvalue weighted by molar-refractivity contribution is -0.111. The molecular formula is C27H27N7O2. The van der Waals surface area contributed by atoms with Crippen LogP contribution in [0.5, 0.6) is 0 Å². The van der Waals surface area contributed by atoms with Gasteiger partial charge < -0.3 is 21.3 Å². The van der Waals surface area contributed by atoms with Crippen LogP contribution in [-0.2, 0) is 18.0 Å². The van der Waals surface area contributed by atoms with Gasteiger partial charge in [0.1, 0.15) is 12.2 Å². The molecule has 1 aliphatic carbocycles. The molecule has 1 aliphatic rings. The van der Waals surface area contributed by atoms with Crippen LogP contribution in [0, 0.1) is 0 Å². The van der Waals surface area contributed by atoms with Gasteiger partial charge in [0.25, 0.3) is 0 Å². The first-order chi connectivity index (χ1) is 17.6. The van der Waals surface area contributed by atoms with Crippen LogP contribution in [0.2, 0.25) is 0 Å². The number of nitrogen functional groups attached to an aromatic ring is 1. The molecule has 0 radical (unpaired) electrons. The summed E-state index contributed by atoms with van der Waals surface area (Å²) in [5.41, 5.74) is 10.5. The summed E-state index contributed by atoms with van der Waals surface area (Å²) in [5.74, 6) is -0.256. The van der Waals surface area contributed by atoms with Crippen LogP contribution in [0.15, 0.2) is 78.9 Å². The van der Waals surface area contributed by atoms with Crippen LogP contribution in [0.1, 0.15) is 24.0 Å². The van der Waals surface area contributed by atoms with Crippen molar-refractivity contribution in [3.63, 3.8) is 0 Å². The van der Waals surface area contributed by atoms with E-state index >= 15 is 0 Å². The zero-order chi connectivity index (χ0) is 24.9. The maximum absolute atomic E-state index is 13.0. The van der Waals surface area contributed by atoms with E-state index in [0.29, 0.717) is 17.9 Å². The minimum atomic E-state index is -0.256. The molecule has 36 heavy (non-hydrogen) atoms. The number of urea groups is 1. The lowest BCUT2D eigenvalue weighted by Gasteiger charge is -2.23. The molecule has 0 bridgehead atoms. The molecule has 4 aromatic rings. The highest BCUT2D eigenvalue weighted by Crippen LogP contribution is 2.28. The molecule has 0 unspecified atom stereocenters. The Balaban J connectivity index is 1.17. The van der Waals surface area contributed by atoms with Gasteiger partial charge in [-0.2, -0.15) is 0 Å². The summed E-state index contributed by atoms with van der Waals surface area (Å²) in [4.78, 5) is 27.0. The van der Waals surface area contributed by atoms with Crippen molar-refractivity contribution in [1.82, 2.24) is 25.2 Å². The number of rotatable bonds is 8.